The van der Waals surface area contributed by atoms with E-state index in [9.17, 15) is 0 Å². The van der Waals surface area contributed by atoms with Crippen molar-refractivity contribution < 1.29 is 0 Å². The first-order chi connectivity index (χ1) is 8.65. The van der Waals surface area contributed by atoms with Crippen molar-refractivity contribution in [1.29, 1.82) is 0 Å². The van der Waals surface area contributed by atoms with Crippen LogP contribution in [-0.4, -0.2) is 6.04 Å². The summed E-state index contributed by atoms with van der Waals surface area (Å²) in [5.41, 5.74) is 1.32. The Morgan fingerprint density at radius 2 is 1.89 bits per heavy atom. The Labute approximate surface area is 118 Å². The highest BCUT2D eigenvalue weighted by Gasteiger charge is 2.10. The van der Waals surface area contributed by atoms with Crippen LogP contribution >= 0.6 is 22.9 Å². The van der Waals surface area contributed by atoms with Crippen LogP contribution in [0.15, 0.2) is 41.8 Å². The molecule has 1 unspecified atom stereocenters. The zero-order valence-electron chi connectivity index (χ0n) is 10.7. The van der Waals surface area contributed by atoms with Crippen LogP contribution in [0.5, 0.6) is 0 Å². The molecule has 0 fully saturated rings. The largest absolute Gasteiger partial charge is 0.307 e. The second kappa shape index (κ2) is 6.37. The van der Waals surface area contributed by atoms with Crippen molar-refractivity contribution in [3.8, 4) is 0 Å². The Morgan fingerprint density at radius 1 is 1.17 bits per heavy atom. The second-order valence-electron chi connectivity index (χ2n) is 4.64. The molecule has 0 aliphatic heterocycles. The van der Waals surface area contributed by atoms with E-state index >= 15 is 0 Å². The standard InChI is InChI=1S/C15H18ClNS/c1-11(10-13-5-7-14(16)8-6-13)17-12(2)15-4-3-9-18-15/h3-9,11-12,17H,10H2,1-2H3/t11?,12-/m1/s1. The minimum Gasteiger partial charge on any atom is -0.307 e. The highest BCUT2D eigenvalue weighted by molar-refractivity contribution is 7.10. The van der Waals surface area contributed by atoms with Crippen LogP contribution in [0.3, 0.4) is 0 Å². The third-order valence-electron chi connectivity index (χ3n) is 2.96. The van der Waals surface area contributed by atoms with E-state index in [1.165, 1.54) is 10.4 Å². The van der Waals surface area contributed by atoms with Crippen LogP contribution in [0, 0.1) is 0 Å². The maximum absolute atomic E-state index is 5.89. The number of hydrogen-bond acceptors (Lipinski definition) is 2. The van der Waals surface area contributed by atoms with Gasteiger partial charge in [0, 0.05) is 22.0 Å². The van der Waals surface area contributed by atoms with E-state index in [1.54, 1.807) is 11.3 Å². The lowest BCUT2D eigenvalue weighted by Crippen LogP contribution is -2.30. The molecule has 2 aromatic rings. The van der Waals surface area contributed by atoms with Gasteiger partial charge in [-0.25, -0.2) is 0 Å². The summed E-state index contributed by atoms with van der Waals surface area (Å²) in [5.74, 6) is 0. The van der Waals surface area contributed by atoms with Crippen LogP contribution < -0.4 is 5.32 Å². The predicted molar refractivity (Wildman–Crippen MR) is 80.5 cm³/mol. The highest BCUT2D eigenvalue weighted by Crippen LogP contribution is 2.19. The van der Waals surface area contributed by atoms with Crippen molar-refractivity contribution in [3.05, 3.63) is 57.2 Å². The monoisotopic (exact) mass is 279 g/mol. The predicted octanol–water partition coefficient (Wildman–Crippen LogP) is 4.68. The zero-order valence-corrected chi connectivity index (χ0v) is 12.3. The summed E-state index contributed by atoms with van der Waals surface area (Å²) >= 11 is 7.69. The van der Waals surface area contributed by atoms with Crippen molar-refractivity contribution in [2.75, 3.05) is 0 Å². The van der Waals surface area contributed by atoms with Crippen LogP contribution in [0.4, 0.5) is 0 Å². The van der Waals surface area contributed by atoms with Gasteiger partial charge in [0.1, 0.15) is 0 Å². The molecule has 2 rings (SSSR count). The first-order valence-electron chi connectivity index (χ1n) is 6.19. The fourth-order valence-electron chi connectivity index (χ4n) is 2.08. The molecule has 1 nitrogen and oxygen atoms in total. The van der Waals surface area contributed by atoms with Crippen molar-refractivity contribution in [2.45, 2.75) is 32.4 Å². The van der Waals surface area contributed by atoms with E-state index in [2.05, 4.69) is 48.8 Å². The molecular formula is C15H18ClNS. The fraction of sp³-hybridized carbons (Fsp3) is 0.333. The van der Waals surface area contributed by atoms with Crippen molar-refractivity contribution >= 4 is 22.9 Å². The number of hydrogen-bond donors (Lipinski definition) is 1. The summed E-state index contributed by atoms with van der Waals surface area (Å²) in [6, 6.07) is 13.2. The fourth-order valence-corrected chi connectivity index (χ4v) is 2.95. The SMILES string of the molecule is CC(Cc1ccc(Cl)cc1)N[C@H](C)c1cccs1. The molecule has 0 bridgehead atoms. The molecule has 1 aromatic heterocycles. The van der Waals surface area contributed by atoms with Gasteiger partial charge in [0.25, 0.3) is 0 Å². The minimum absolute atomic E-state index is 0.410. The number of nitrogens with one attached hydrogen (secondary N) is 1. The molecule has 0 saturated carbocycles. The molecule has 3 heteroatoms. The molecule has 0 saturated heterocycles. The third kappa shape index (κ3) is 3.84. The Hall–Kier alpha value is -0.830. The Kier molecular flexibility index (Phi) is 4.81. The number of rotatable bonds is 5. The molecule has 2 atom stereocenters. The van der Waals surface area contributed by atoms with Crippen LogP contribution in [0.1, 0.15) is 30.3 Å². The van der Waals surface area contributed by atoms with Gasteiger partial charge in [-0.3, -0.25) is 0 Å². The highest BCUT2D eigenvalue weighted by atomic mass is 35.5. The van der Waals surface area contributed by atoms with Gasteiger partial charge in [0.15, 0.2) is 0 Å². The molecule has 1 heterocycles. The van der Waals surface area contributed by atoms with E-state index in [0.29, 0.717) is 12.1 Å². The maximum atomic E-state index is 5.89. The van der Waals surface area contributed by atoms with Crippen LogP contribution in [-0.2, 0) is 6.42 Å². The third-order valence-corrected chi connectivity index (χ3v) is 4.27. The van der Waals surface area contributed by atoms with E-state index < -0.39 is 0 Å². The summed E-state index contributed by atoms with van der Waals surface area (Å²) < 4.78 is 0. The minimum atomic E-state index is 0.410. The summed E-state index contributed by atoms with van der Waals surface area (Å²) in [4.78, 5) is 1.39. The van der Waals surface area contributed by atoms with Gasteiger partial charge >= 0.3 is 0 Å². The molecule has 0 amide bonds. The van der Waals surface area contributed by atoms with E-state index in [4.69, 9.17) is 11.6 Å². The summed E-state index contributed by atoms with van der Waals surface area (Å²) in [6.07, 6.45) is 1.02. The van der Waals surface area contributed by atoms with Crippen molar-refractivity contribution in [1.82, 2.24) is 5.32 Å². The first kappa shape index (κ1) is 13.6. The van der Waals surface area contributed by atoms with Crippen molar-refractivity contribution in [3.63, 3.8) is 0 Å². The van der Waals surface area contributed by atoms with Crippen LogP contribution in [0.25, 0.3) is 0 Å². The average molecular weight is 280 g/mol. The number of halogens is 1. The molecule has 0 aliphatic carbocycles. The lowest BCUT2D eigenvalue weighted by Gasteiger charge is -2.19. The van der Waals surface area contributed by atoms with Gasteiger partial charge in [-0.1, -0.05) is 29.8 Å². The molecular weight excluding hydrogens is 262 g/mol. The topological polar surface area (TPSA) is 12.0 Å². The van der Waals surface area contributed by atoms with Crippen molar-refractivity contribution in [2.24, 2.45) is 0 Å². The van der Waals surface area contributed by atoms with Crippen LogP contribution in [0.2, 0.25) is 5.02 Å². The van der Waals surface area contributed by atoms with E-state index in [0.717, 1.165) is 11.4 Å². The van der Waals surface area contributed by atoms with E-state index in [-0.39, 0.29) is 0 Å². The average Bonchev–Trinajstić information content (AvgIpc) is 2.85. The smallest absolute Gasteiger partial charge is 0.0406 e. The molecule has 0 radical (unpaired) electrons. The van der Waals surface area contributed by atoms with Gasteiger partial charge < -0.3 is 5.32 Å². The van der Waals surface area contributed by atoms with Gasteiger partial charge in [-0.15, -0.1) is 11.3 Å². The van der Waals surface area contributed by atoms with Gasteiger partial charge in [0.2, 0.25) is 0 Å². The summed E-state index contributed by atoms with van der Waals surface area (Å²) in [5, 5.41) is 6.54. The van der Waals surface area contributed by atoms with Gasteiger partial charge in [-0.05, 0) is 49.4 Å². The maximum Gasteiger partial charge on any atom is 0.0406 e. The van der Waals surface area contributed by atoms with Gasteiger partial charge in [0.05, 0.1) is 0 Å². The van der Waals surface area contributed by atoms with E-state index in [1.807, 2.05) is 12.1 Å². The quantitative estimate of drug-likeness (QED) is 0.838. The Balaban J connectivity index is 1.88. The lowest BCUT2D eigenvalue weighted by molar-refractivity contribution is 0.482. The molecule has 1 N–H and O–H groups in total. The molecule has 0 aliphatic rings. The molecule has 1 aromatic carbocycles. The summed E-state index contributed by atoms with van der Waals surface area (Å²) in [7, 11) is 0. The normalized spacial score (nSPS) is 14.4. The number of thiophene rings is 1. The Morgan fingerprint density at radius 3 is 2.50 bits per heavy atom. The lowest BCUT2D eigenvalue weighted by atomic mass is 10.1. The Bertz CT molecular complexity index is 464. The first-order valence-corrected chi connectivity index (χ1v) is 7.45. The molecule has 0 spiro atoms. The molecule has 96 valence electrons. The molecule has 18 heavy (non-hydrogen) atoms. The second-order valence-corrected chi connectivity index (χ2v) is 6.05. The summed E-state index contributed by atoms with van der Waals surface area (Å²) in [6.45, 7) is 4.43. The number of benzene rings is 1. The van der Waals surface area contributed by atoms with Gasteiger partial charge in [-0.2, -0.15) is 0 Å². The zero-order chi connectivity index (χ0) is 13.0.